The number of benzene rings is 2. The SMILES string of the molecule is O=C(C1CCN(S(=O)(=O)c2cccs2)CC1)N(CCCN1CCC(Cc2ccc(F)cc2)CC1)c1ccc(Cl)c(Cl)c1. The Bertz CT molecular complexity index is 1440. The number of sulfonamides is 1. The minimum absolute atomic E-state index is 0.000401. The van der Waals surface area contributed by atoms with Crippen molar-refractivity contribution < 1.29 is 17.6 Å². The topological polar surface area (TPSA) is 60.9 Å². The second-order valence-electron chi connectivity index (χ2n) is 11.2. The summed E-state index contributed by atoms with van der Waals surface area (Å²) in [4.78, 5) is 18.1. The molecule has 0 bridgehead atoms. The molecule has 3 aromatic rings. The molecule has 0 unspecified atom stereocenters. The molecule has 3 heterocycles. The van der Waals surface area contributed by atoms with Crippen molar-refractivity contribution in [1.29, 1.82) is 0 Å². The van der Waals surface area contributed by atoms with Gasteiger partial charge >= 0.3 is 0 Å². The van der Waals surface area contributed by atoms with Crippen LogP contribution < -0.4 is 4.90 Å². The lowest BCUT2D eigenvalue weighted by molar-refractivity contribution is -0.123. The summed E-state index contributed by atoms with van der Waals surface area (Å²) < 4.78 is 41.0. The van der Waals surface area contributed by atoms with Crippen LogP contribution in [0.1, 0.15) is 37.7 Å². The highest BCUT2D eigenvalue weighted by Crippen LogP contribution is 2.32. The number of rotatable bonds is 10. The largest absolute Gasteiger partial charge is 0.312 e. The van der Waals surface area contributed by atoms with Crippen LogP contribution in [-0.4, -0.2) is 62.8 Å². The summed E-state index contributed by atoms with van der Waals surface area (Å²) in [5.74, 6) is 0.126. The quantitative estimate of drug-likeness (QED) is 0.237. The molecule has 5 rings (SSSR count). The average molecular weight is 653 g/mol. The van der Waals surface area contributed by atoms with Crippen molar-refractivity contribution in [2.24, 2.45) is 11.8 Å². The molecule has 2 aliphatic heterocycles. The van der Waals surface area contributed by atoms with Crippen LogP contribution in [-0.2, 0) is 21.2 Å². The summed E-state index contributed by atoms with van der Waals surface area (Å²) >= 11 is 13.7. The molecular weight excluding hydrogens is 616 g/mol. The Labute approximate surface area is 262 Å². The Morgan fingerprint density at radius 2 is 1.67 bits per heavy atom. The third-order valence-electron chi connectivity index (χ3n) is 8.37. The standard InChI is InChI=1S/C31H36Cl2FN3O3S2/c32-28-9-8-27(22-29(28)33)37(31(38)25-12-18-36(19-13-25)42(39,40)30-3-1-20-41-30)15-2-14-35-16-10-24(11-17-35)21-23-4-6-26(34)7-5-23/h1,3-9,20,22,24-25H,2,10-19,21H2. The van der Waals surface area contributed by atoms with E-state index >= 15 is 0 Å². The lowest BCUT2D eigenvalue weighted by Crippen LogP contribution is -2.45. The first-order valence-electron chi connectivity index (χ1n) is 14.5. The molecular formula is C31H36Cl2FN3O3S2. The van der Waals surface area contributed by atoms with Gasteiger partial charge in [-0.15, -0.1) is 11.3 Å². The zero-order valence-electron chi connectivity index (χ0n) is 23.4. The van der Waals surface area contributed by atoms with Crippen molar-refractivity contribution in [2.75, 3.05) is 44.2 Å². The van der Waals surface area contributed by atoms with Crippen molar-refractivity contribution in [3.05, 3.63) is 81.4 Å². The monoisotopic (exact) mass is 651 g/mol. The number of likely N-dealkylation sites (tertiary alicyclic amines) is 1. The van der Waals surface area contributed by atoms with Crippen molar-refractivity contribution in [1.82, 2.24) is 9.21 Å². The number of hydrogen-bond acceptors (Lipinski definition) is 5. The highest BCUT2D eigenvalue weighted by Gasteiger charge is 2.34. The Hall–Kier alpha value is -2.01. The summed E-state index contributed by atoms with van der Waals surface area (Å²) in [5.41, 5.74) is 1.89. The van der Waals surface area contributed by atoms with Gasteiger partial charge in [0.05, 0.1) is 10.0 Å². The van der Waals surface area contributed by atoms with Crippen LogP contribution >= 0.6 is 34.5 Å². The maximum absolute atomic E-state index is 13.8. The summed E-state index contributed by atoms with van der Waals surface area (Å²) in [7, 11) is -3.53. The maximum Gasteiger partial charge on any atom is 0.252 e. The van der Waals surface area contributed by atoms with Crippen molar-refractivity contribution in [3.8, 4) is 0 Å². The van der Waals surface area contributed by atoms with E-state index < -0.39 is 10.0 Å². The van der Waals surface area contributed by atoms with Gasteiger partial charge in [-0.25, -0.2) is 12.8 Å². The molecule has 42 heavy (non-hydrogen) atoms. The van der Waals surface area contributed by atoms with E-state index in [1.54, 1.807) is 34.5 Å². The summed E-state index contributed by atoms with van der Waals surface area (Å²) in [6, 6.07) is 15.4. The summed E-state index contributed by atoms with van der Waals surface area (Å²) in [6.45, 7) is 4.07. The van der Waals surface area contributed by atoms with Gasteiger partial charge in [0.25, 0.3) is 10.0 Å². The molecule has 226 valence electrons. The van der Waals surface area contributed by atoms with Gasteiger partial charge in [-0.3, -0.25) is 4.79 Å². The third-order valence-corrected chi connectivity index (χ3v) is 12.4. The van der Waals surface area contributed by atoms with E-state index in [1.165, 1.54) is 33.3 Å². The van der Waals surface area contributed by atoms with Gasteiger partial charge in [0, 0.05) is 31.2 Å². The zero-order valence-corrected chi connectivity index (χ0v) is 26.6. The fourth-order valence-electron chi connectivity index (χ4n) is 5.94. The molecule has 1 amide bonds. The second-order valence-corrected chi connectivity index (χ2v) is 15.1. The van der Waals surface area contributed by atoms with E-state index in [-0.39, 0.29) is 17.6 Å². The van der Waals surface area contributed by atoms with Crippen LogP contribution in [0.15, 0.2) is 64.2 Å². The smallest absolute Gasteiger partial charge is 0.252 e. The Kier molecular flexibility index (Phi) is 10.6. The number of carbonyl (C=O) groups is 1. The van der Waals surface area contributed by atoms with Crippen molar-refractivity contribution >= 4 is 56.2 Å². The molecule has 6 nitrogen and oxygen atoms in total. The number of anilines is 1. The lowest BCUT2D eigenvalue weighted by atomic mass is 9.90. The third kappa shape index (κ3) is 7.73. The predicted octanol–water partition coefficient (Wildman–Crippen LogP) is 6.97. The number of halogens is 3. The number of amides is 1. The molecule has 2 aromatic carbocycles. The Morgan fingerprint density at radius 1 is 0.952 bits per heavy atom. The number of nitrogens with zero attached hydrogens (tertiary/aromatic N) is 3. The second kappa shape index (κ2) is 14.2. The molecule has 0 radical (unpaired) electrons. The zero-order chi connectivity index (χ0) is 29.7. The van der Waals surface area contributed by atoms with E-state index in [4.69, 9.17) is 23.2 Å². The highest BCUT2D eigenvalue weighted by atomic mass is 35.5. The minimum atomic E-state index is -3.53. The number of hydrogen-bond donors (Lipinski definition) is 0. The first kappa shape index (κ1) is 31.4. The van der Waals surface area contributed by atoms with Crippen LogP contribution in [0.3, 0.4) is 0 Å². The molecule has 2 saturated heterocycles. The first-order chi connectivity index (χ1) is 20.2. The molecule has 2 aliphatic rings. The molecule has 0 atom stereocenters. The van der Waals surface area contributed by atoms with E-state index in [0.717, 1.165) is 45.3 Å². The average Bonchev–Trinajstić information content (AvgIpc) is 3.55. The van der Waals surface area contributed by atoms with Gasteiger partial charge in [0.2, 0.25) is 5.91 Å². The van der Waals surface area contributed by atoms with Gasteiger partial charge < -0.3 is 9.80 Å². The predicted molar refractivity (Wildman–Crippen MR) is 169 cm³/mol. The Balaban J connectivity index is 1.16. The van der Waals surface area contributed by atoms with Gasteiger partial charge in [-0.2, -0.15) is 4.31 Å². The van der Waals surface area contributed by atoms with Crippen molar-refractivity contribution in [3.63, 3.8) is 0 Å². The summed E-state index contributed by atoms with van der Waals surface area (Å²) in [6.07, 6.45) is 4.92. The fraction of sp³-hybridized carbons (Fsp3) is 0.452. The highest BCUT2D eigenvalue weighted by molar-refractivity contribution is 7.91. The van der Waals surface area contributed by atoms with Crippen LogP contribution in [0, 0.1) is 17.7 Å². The number of carbonyl (C=O) groups excluding carboxylic acids is 1. The van der Waals surface area contributed by atoms with Gasteiger partial charge in [0.1, 0.15) is 10.0 Å². The summed E-state index contributed by atoms with van der Waals surface area (Å²) in [5, 5.41) is 2.59. The molecule has 0 saturated carbocycles. The number of piperidine rings is 2. The van der Waals surface area contributed by atoms with Gasteiger partial charge in [-0.1, -0.05) is 41.4 Å². The molecule has 0 aliphatic carbocycles. The van der Waals surface area contributed by atoms with Crippen LogP contribution in [0.4, 0.5) is 10.1 Å². The van der Waals surface area contributed by atoms with Gasteiger partial charge in [-0.05, 0) is 111 Å². The molecule has 2 fully saturated rings. The van der Waals surface area contributed by atoms with Crippen molar-refractivity contribution in [2.45, 2.75) is 42.7 Å². The van der Waals surface area contributed by atoms with E-state index in [2.05, 4.69) is 4.90 Å². The first-order valence-corrected chi connectivity index (χ1v) is 17.5. The van der Waals surface area contributed by atoms with E-state index in [9.17, 15) is 17.6 Å². The van der Waals surface area contributed by atoms with E-state index in [0.29, 0.717) is 58.3 Å². The minimum Gasteiger partial charge on any atom is -0.312 e. The Morgan fingerprint density at radius 3 is 2.31 bits per heavy atom. The van der Waals surface area contributed by atoms with E-state index in [1.807, 2.05) is 18.2 Å². The molecule has 11 heteroatoms. The van der Waals surface area contributed by atoms with Crippen LogP contribution in [0.5, 0.6) is 0 Å². The molecule has 1 aromatic heterocycles. The number of thiophene rings is 1. The van der Waals surface area contributed by atoms with Gasteiger partial charge in [0.15, 0.2) is 0 Å². The van der Waals surface area contributed by atoms with Crippen LogP contribution in [0.2, 0.25) is 10.0 Å². The fourth-order valence-corrected chi connectivity index (χ4v) is 8.85. The maximum atomic E-state index is 13.8. The van der Waals surface area contributed by atoms with Crippen LogP contribution in [0.25, 0.3) is 0 Å². The lowest BCUT2D eigenvalue weighted by Gasteiger charge is -2.35. The molecule has 0 N–H and O–H groups in total. The normalized spacial score (nSPS) is 17.9. The molecule has 0 spiro atoms.